The highest BCUT2D eigenvalue weighted by Gasteiger charge is 2.14. The number of nitrogens with zero attached hydrogens (tertiary/aromatic N) is 1. The maximum absolute atomic E-state index is 11.9. The molecule has 0 spiro atoms. The van der Waals surface area contributed by atoms with Crippen molar-refractivity contribution in [3.63, 3.8) is 0 Å². The zero-order valence-corrected chi connectivity index (χ0v) is 16.8. The number of ether oxygens (including phenoxy) is 3. The number of hydrogen-bond acceptors (Lipinski definition) is 7. The largest absolute Gasteiger partial charge is 0.460 e. The molecule has 3 N–H and O–H groups in total. The summed E-state index contributed by atoms with van der Waals surface area (Å²) in [5.74, 6) is -1.37. The third-order valence-corrected chi connectivity index (χ3v) is 4.38. The Morgan fingerprint density at radius 2 is 0.935 bits per heavy atom. The van der Waals surface area contributed by atoms with Crippen LogP contribution in [0.5, 0.6) is 0 Å². The predicted molar refractivity (Wildman–Crippen MR) is 110 cm³/mol. The monoisotopic (exact) mass is 428 g/mol. The molecule has 164 valence electrons. The van der Waals surface area contributed by atoms with E-state index in [9.17, 15) is 14.4 Å². The number of hydrogen-bond donors (Lipinski definition) is 3. The van der Waals surface area contributed by atoms with Crippen LogP contribution in [0, 0.1) is 0 Å². The predicted octanol–water partition coefficient (Wildman–Crippen LogP) is 1.84. The van der Waals surface area contributed by atoms with Crippen molar-refractivity contribution in [2.75, 3.05) is 39.5 Å². The Hall–Kier alpha value is -3.79. The molecule has 0 bridgehead atoms. The van der Waals surface area contributed by atoms with E-state index in [1.807, 2.05) is 4.90 Å². The smallest absolute Gasteiger partial charge is 0.354 e. The minimum atomic E-state index is -0.457. The van der Waals surface area contributed by atoms with Crippen LogP contribution in [0.1, 0.15) is 31.5 Å². The molecule has 3 aromatic rings. The van der Waals surface area contributed by atoms with Gasteiger partial charge in [0.25, 0.3) is 0 Å². The molecule has 0 amide bonds. The molecule has 3 rings (SSSR count). The van der Waals surface area contributed by atoms with Gasteiger partial charge >= 0.3 is 17.9 Å². The Labute approximate surface area is 178 Å². The molecule has 0 aliphatic rings. The fraction of sp³-hybridized carbons (Fsp3) is 0.286. The summed E-state index contributed by atoms with van der Waals surface area (Å²) in [7, 11) is 0. The van der Waals surface area contributed by atoms with E-state index < -0.39 is 17.9 Å². The minimum absolute atomic E-state index is 0.132. The summed E-state index contributed by atoms with van der Waals surface area (Å²) in [6.45, 7) is 1.54. The molecule has 31 heavy (non-hydrogen) atoms. The number of aromatic nitrogens is 3. The second kappa shape index (κ2) is 11.4. The van der Waals surface area contributed by atoms with E-state index in [0.29, 0.717) is 36.7 Å². The Morgan fingerprint density at radius 1 is 0.613 bits per heavy atom. The van der Waals surface area contributed by atoms with Crippen molar-refractivity contribution < 1.29 is 28.6 Å². The SMILES string of the molecule is O=C(OCCN(CCOC(=O)c1ccc[nH]1)CCOC(=O)c1ccc[nH]1)c1ccc[nH]1. The van der Waals surface area contributed by atoms with Crippen LogP contribution in [0.25, 0.3) is 0 Å². The molecular weight excluding hydrogens is 404 g/mol. The van der Waals surface area contributed by atoms with Crippen molar-refractivity contribution >= 4 is 17.9 Å². The first-order valence-corrected chi connectivity index (χ1v) is 9.77. The van der Waals surface area contributed by atoms with Crippen LogP contribution in [0.2, 0.25) is 0 Å². The Bertz CT molecular complexity index is 811. The lowest BCUT2D eigenvalue weighted by atomic mass is 10.4. The summed E-state index contributed by atoms with van der Waals surface area (Å²) in [6.07, 6.45) is 4.92. The standard InChI is InChI=1S/C21H24N4O6/c26-19(16-4-1-7-22-16)29-13-10-25(11-14-30-20(27)17-5-2-8-23-17)12-15-31-21(28)18-6-3-9-24-18/h1-9,22-24H,10-15H2. The van der Waals surface area contributed by atoms with E-state index in [-0.39, 0.29) is 19.8 Å². The third kappa shape index (κ3) is 6.89. The van der Waals surface area contributed by atoms with Gasteiger partial charge in [-0.05, 0) is 36.4 Å². The maximum atomic E-state index is 11.9. The molecule has 3 aromatic heterocycles. The second-order valence-corrected chi connectivity index (χ2v) is 6.50. The van der Waals surface area contributed by atoms with Crippen LogP contribution in [0.3, 0.4) is 0 Å². The highest BCUT2D eigenvalue weighted by Crippen LogP contribution is 2.02. The van der Waals surface area contributed by atoms with Gasteiger partial charge in [-0.15, -0.1) is 0 Å². The van der Waals surface area contributed by atoms with Gasteiger partial charge < -0.3 is 29.2 Å². The van der Waals surface area contributed by atoms with Gasteiger partial charge in [0.05, 0.1) is 0 Å². The van der Waals surface area contributed by atoms with E-state index in [4.69, 9.17) is 14.2 Å². The molecule has 0 fully saturated rings. The normalized spacial score (nSPS) is 10.7. The molecule has 0 aliphatic carbocycles. The van der Waals surface area contributed by atoms with Crippen LogP contribution >= 0.6 is 0 Å². The van der Waals surface area contributed by atoms with Crippen molar-refractivity contribution in [1.82, 2.24) is 19.9 Å². The summed E-state index contributed by atoms with van der Waals surface area (Å²) < 4.78 is 15.8. The lowest BCUT2D eigenvalue weighted by Gasteiger charge is -2.21. The fourth-order valence-electron chi connectivity index (χ4n) is 2.74. The molecule has 0 saturated heterocycles. The lowest BCUT2D eigenvalue weighted by molar-refractivity contribution is 0.0325. The summed E-state index contributed by atoms with van der Waals surface area (Å²) in [6, 6.07) is 10.0. The number of H-pyrrole nitrogens is 3. The Balaban J connectivity index is 1.44. The number of rotatable bonds is 12. The van der Waals surface area contributed by atoms with E-state index in [1.54, 1.807) is 55.0 Å². The first kappa shape index (κ1) is 21.9. The second-order valence-electron chi connectivity index (χ2n) is 6.50. The van der Waals surface area contributed by atoms with Crippen molar-refractivity contribution in [1.29, 1.82) is 0 Å². The van der Waals surface area contributed by atoms with Gasteiger partial charge in [0.15, 0.2) is 0 Å². The van der Waals surface area contributed by atoms with Crippen molar-refractivity contribution in [2.45, 2.75) is 0 Å². The number of aromatic amines is 3. The maximum Gasteiger partial charge on any atom is 0.354 e. The number of carbonyl (C=O) groups excluding carboxylic acids is 3. The quantitative estimate of drug-likeness (QED) is 0.296. The molecule has 0 radical (unpaired) electrons. The summed E-state index contributed by atoms with van der Waals surface area (Å²) in [4.78, 5) is 46.1. The molecule has 0 aliphatic heterocycles. The van der Waals surface area contributed by atoms with Gasteiger partial charge in [-0.1, -0.05) is 0 Å². The van der Waals surface area contributed by atoms with Gasteiger partial charge in [-0.3, -0.25) is 4.90 Å². The molecule has 10 nitrogen and oxygen atoms in total. The van der Waals surface area contributed by atoms with Gasteiger partial charge in [0, 0.05) is 38.2 Å². The van der Waals surface area contributed by atoms with Crippen molar-refractivity contribution in [2.24, 2.45) is 0 Å². The van der Waals surface area contributed by atoms with Crippen LogP contribution in [-0.4, -0.2) is 77.2 Å². The van der Waals surface area contributed by atoms with Crippen LogP contribution in [0.4, 0.5) is 0 Å². The van der Waals surface area contributed by atoms with E-state index in [0.717, 1.165) is 0 Å². The third-order valence-electron chi connectivity index (χ3n) is 4.38. The van der Waals surface area contributed by atoms with Gasteiger partial charge in [-0.25, -0.2) is 14.4 Å². The molecule has 0 aromatic carbocycles. The summed E-state index contributed by atoms with van der Waals surface area (Å²) >= 11 is 0. The molecule has 0 atom stereocenters. The summed E-state index contributed by atoms with van der Waals surface area (Å²) in [5.41, 5.74) is 1.10. The number of carbonyl (C=O) groups is 3. The minimum Gasteiger partial charge on any atom is -0.460 e. The van der Waals surface area contributed by atoms with Gasteiger partial charge in [0.2, 0.25) is 0 Å². The van der Waals surface area contributed by atoms with E-state index in [1.165, 1.54) is 0 Å². The van der Waals surface area contributed by atoms with Crippen molar-refractivity contribution in [3.05, 3.63) is 72.1 Å². The zero-order chi connectivity index (χ0) is 21.9. The van der Waals surface area contributed by atoms with Crippen LogP contribution < -0.4 is 0 Å². The highest BCUT2D eigenvalue weighted by molar-refractivity contribution is 5.88. The van der Waals surface area contributed by atoms with Gasteiger partial charge in [-0.2, -0.15) is 0 Å². The van der Waals surface area contributed by atoms with Crippen LogP contribution in [-0.2, 0) is 14.2 Å². The number of nitrogens with one attached hydrogen (secondary N) is 3. The lowest BCUT2D eigenvalue weighted by Crippen LogP contribution is -2.35. The number of esters is 3. The Kier molecular flexibility index (Phi) is 8.06. The first-order valence-electron chi connectivity index (χ1n) is 9.77. The van der Waals surface area contributed by atoms with Crippen molar-refractivity contribution in [3.8, 4) is 0 Å². The average Bonchev–Trinajstić information content (AvgIpc) is 3.55. The molecule has 0 unspecified atom stereocenters. The van der Waals surface area contributed by atoms with Crippen LogP contribution in [0.15, 0.2) is 55.0 Å². The molecule has 10 heteroatoms. The van der Waals surface area contributed by atoms with E-state index >= 15 is 0 Å². The Morgan fingerprint density at radius 3 is 1.19 bits per heavy atom. The van der Waals surface area contributed by atoms with E-state index in [2.05, 4.69) is 15.0 Å². The fourth-order valence-corrected chi connectivity index (χ4v) is 2.74. The average molecular weight is 428 g/mol. The molecular formula is C21H24N4O6. The molecule has 3 heterocycles. The summed E-state index contributed by atoms with van der Waals surface area (Å²) in [5, 5.41) is 0. The topological polar surface area (TPSA) is 130 Å². The van der Waals surface area contributed by atoms with Gasteiger partial charge in [0.1, 0.15) is 36.9 Å². The zero-order valence-electron chi connectivity index (χ0n) is 16.8. The highest BCUT2D eigenvalue weighted by atomic mass is 16.5. The molecule has 0 saturated carbocycles. The first-order chi connectivity index (χ1) is 15.1.